The lowest BCUT2D eigenvalue weighted by atomic mass is 10.2. The number of nitrogens with one attached hydrogen (secondary N) is 1. The van der Waals surface area contributed by atoms with Gasteiger partial charge in [0.05, 0.1) is 16.8 Å². The van der Waals surface area contributed by atoms with Gasteiger partial charge in [-0.1, -0.05) is 12.1 Å². The maximum atomic E-state index is 13.1. The van der Waals surface area contributed by atoms with Crippen molar-refractivity contribution in [2.75, 3.05) is 41.4 Å². The number of hydrogen-bond acceptors (Lipinski definition) is 6. The second kappa shape index (κ2) is 9.37. The molecule has 4 rings (SSSR count). The van der Waals surface area contributed by atoms with Crippen LogP contribution in [0, 0.1) is 5.82 Å². The number of hydrazone groups is 1. The van der Waals surface area contributed by atoms with Gasteiger partial charge in [-0.2, -0.15) is 5.10 Å². The van der Waals surface area contributed by atoms with Crippen LogP contribution in [0.5, 0.6) is 0 Å². The van der Waals surface area contributed by atoms with E-state index in [-0.39, 0.29) is 10.7 Å². The molecule has 0 atom stereocenters. The number of nitrogens with zero attached hydrogens (tertiary/aromatic N) is 3. The Kier molecular flexibility index (Phi) is 6.38. The number of nitrogens with two attached hydrogens (primary N) is 1. The van der Waals surface area contributed by atoms with Gasteiger partial charge in [-0.15, -0.1) is 0 Å². The smallest absolute Gasteiger partial charge is 0.238 e. The van der Waals surface area contributed by atoms with E-state index < -0.39 is 10.0 Å². The van der Waals surface area contributed by atoms with Crippen LogP contribution in [0.1, 0.15) is 5.56 Å². The van der Waals surface area contributed by atoms with E-state index >= 15 is 0 Å². The Morgan fingerprint density at radius 3 is 1.81 bits per heavy atom. The molecule has 3 aromatic rings. The molecule has 0 radical (unpaired) electrons. The van der Waals surface area contributed by atoms with Gasteiger partial charge in [0.1, 0.15) is 5.82 Å². The Labute approximate surface area is 187 Å². The van der Waals surface area contributed by atoms with Crippen LogP contribution in [0.3, 0.4) is 0 Å². The van der Waals surface area contributed by atoms with E-state index in [1.165, 1.54) is 24.3 Å². The molecular weight excluding hydrogens is 429 g/mol. The van der Waals surface area contributed by atoms with Crippen LogP contribution in [0.25, 0.3) is 0 Å². The van der Waals surface area contributed by atoms with Gasteiger partial charge in [0, 0.05) is 37.6 Å². The summed E-state index contributed by atoms with van der Waals surface area (Å²) in [6.07, 6.45) is 1.70. The van der Waals surface area contributed by atoms with Crippen LogP contribution in [-0.2, 0) is 10.0 Å². The van der Waals surface area contributed by atoms with Crippen LogP contribution >= 0.6 is 0 Å². The van der Waals surface area contributed by atoms with Crippen molar-refractivity contribution < 1.29 is 12.8 Å². The lowest BCUT2D eigenvalue weighted by Crippen LogP contribution is -2.46. The average Bonchev–Trinajstić information content (AvgIpc) is 2.80. The number of rotatable bonds is 6. The third-order valence-corrected chi connectivity index (χ3v) is 6.25. The number of hydrogen-bond donors (Lipinski definition) is 2. The fourth-order valence-electron chi connectivity index (χ4n) is 3.55. The Morgan fingerprint density at radius 2 is 1.31 bits per heavy atom. The van der Waals surface area contributed by atoms with Crippen molar-refractivity contribution in [1.29, 1.82) is 0 Å². The third-order valence-electron chi connectivity index (χ3n) is 5.32. The Balaban J connectivity index is 1.30. The minimum Gasteiger partial charge on any atom is -0.368 e. The van der Waals surface area contributed by atoms with E-state index in [2.05, 4.69) is 32.5 Å². The predicted molar refractivity (Wildman–Crippen MR) is 126 cm³/mol. The first-order valence-electron chi connectivity index (χ1n) is 10.2. The molecule has 1 fully saturated rings. The zero-order valence-electron chi connectivity index (χ0n) is 17.4. The molecule has 32 heavy (non-hydrogen) atoms. The summed E-state index contributed by atoms with van der Waals surface area (Å²) in [5.41, 5.74) is 6.65. The first-order valence-corrected chi connectivity index (χ1v) is 11.7. The summed E-state index contributed by atoms with van der Waals surface area (Å²) in [7, 11) is -3.70. The fraction of sp³-hybridized carbons (Fsp3) is 0.174. The van der Waals surface area contributed by atoms with Crippen molar-refractivity contribution in [2.24, 2.45) is 10.2 Å². The number of halogens is 1. The van der Waals surface area contributed by atoms with E-state index in [1.807, 2.05) is 24.3 Å². The molecule has 3 N–H and O–H groups in total. The highest BCUT2D eigenvalue weighted by molar-refractivity contribution is 7.89. The van der Waals surface area contributed by atoms with Gasteiger partial charge in [-0.05, 0) is 66.2 Å². The molecule has 0 aliphatic carbocycles. The molecule has 0 aromatic heterocycles. The number of sulfonamides is 1. The zero-order valence-corrected chi connectivity index (χ0v) is 18.2. The second-order valence-electron chi connectivity index (χ2n) is 7.48. The number of piperazine rings is 1. The van der Waals surface area contributed by atoms with Crippen molar-refractivity contribution in [3.63, 3.8) is 0 Å². The molecular formula is C23H24FN5O2S. The molecule has 0 saturated carbocycles. The molecule has 9 heteroatoms. The normalized spacial score (nSPS) is 14.7. The van der Waals surface area contributed by atoms with Crippen molar-refractivity contribution in [1.82, 2.24) is 0 Å². The summed E-state index contributed by atoms with van der Waals surface area (Å²) in [6, 6.07) is 20.8. The van der Waals surface area contributed by atoms with E-state index in [4.69, 9.17) is 5.14 Å². The van der Waals surface area contributed by atoms with Gasteiger partial charge in [0.2, 0.25) is 10.0 Å². The topological polar surface area (TPSA) is 91.0 Å². The quantitative estimate of drug-likeness (QED) is 0.442. The molecule has 1 aliphatic rings. The summed E-state index contributed by atoms with van der Waals surface area (Å²) >= 11 is 0. The lowest BCUT2D eigenvalue weighted by Gasteiger charge is -2.37. The molecule has 0 unspecified atom stereocenters. The zero-order chi connectivity index (χ0) is 22.6. The van der Waals surface area contributed by atoms with E-state index in [1.54, 1.807) is 18.3 Å². The molecule has 1 aliphatic heterocycles. The van der Waals surface area contributed by atoms with E-state index in [9.17, 15) is 12.8 Å². The van der Waals surface area contributed by atoms with Gasteiger partial charge in [-0.3, -0.25) is 5.43 Å². The number of benzene rings is 3. The van der Waals surface area contributed by atoms with E-state index in [0.29, 0.717) is 5.69 Å². The second-order valence-corrected chi connectivity index (χ2v) is 9.04. The van der Waals surface area contributed by atoms with Crippen LogP contribution in [0.15, 0.2) is 82.8 Å². The van der Waals surface area contributed by atoms with Crippen molar-refractivity contribution in [2.45, 2.75) is 4.90 Å². The summed E-state index contributed by atoms with van der Waals surface area (Å²) in [5.74, 6) is -0.217. The van der Waals surface area contributed by atoms with Gasteiger partial charge < -0.3 is 9.80 Å². The largest absolute Gasteiger partial charge is 0.368 e. The molecule has 166 valence electrons. The summed E-state index contributed by atoms with van der Waals surface area (Å²) < 4.78 is 35.7. The highest BCUT2D eigenvalue weighted by Crippen LogP contribution is 2.21. The van der Waals surface area contributed by atoms with E-state index in [0.717, 1.165) is 43.1 Å². The van der Waals surface area contributed by atoms with Crippen LogP contribution in [0.4, 0.5) is 21.5 Å². The van der Waals surface area contributed by atoms with Gasteiger partial charge in [0.25, 0.3) is 0 Å². The summed E-state index contributed by atoms with van der Waals surface area (Å²) in [5, 5.41) is 9.28. The van der Waals surface area contributed by atoms with Crippen LogP contribution in [-0.4, -0.2) is 40.8 Å². The van der Waals surface area contributed by atoms with Crippen LogP contribution < -0.4 is 20.4 Å². The standard InChI is InChI=1S/C23H24FN5O2S/c24-19-3-9-22(10-4-19)29-15-13-28(14-16-29)21-7-1-18(2-8-21)17-26-27-20-5-11-23(12-6-20)32(25,30)31/h1-12,17,27H,13-16H2,(H2,25,30,31)/b26-17+. The highest BCUT2D eigenvalue weighted by atomic mass is 32.2. The summed E-state index contributed by atoms with van der Waals surface area (Å²) in [4.78, 5) is 4.64. The molecule has 1 heterocycles. The minimum absolute atomic E-state index is 0.0566. The molecule has 3 aromatic carbocycles. The summed E-state index contributed by atoms with van der Waals surface area (Å²) in [6.45, 7) is 3.54. The van der Waals surface area contributed by atoms with Gasteiger partial charge in [-0.25, -0.2) is 17.9 Å². The van der Waals surface area contributed by atoms with Crippen molar-refractivity contribution in [3.8, 4) is 0 Å². The van der Waals surface area contributed by atoms with Crippen molar-refractivity contribution >= 4 is 33.3 Å². The first kappa shape index (κ1) is 21.8. The Hall–Kier alpha value is -3.43. The fourth-order valence-corrected chi connectivity index (χ4v) is 4.06. The maximum absolute atomic E-state index is 13.1. The maximum Gasteiger partial charge on any atom is 0.238 e. The molecule has 0 bridgehead atoms. The SMILES string of the molecule is NS(=O)(=O)c1ccc(N/N=C/c2ccc(N3CCN(c4ccc(F)cc4)CC3)cc2)cc1. The van der Waals surface area contributed by atoms with Crippen LogP contribution in [0.2, 0.25) is 0 Å². The molecule has 1 saturated heterocycles. The van der Waals surface area contributed by atoms with Gasteiger partial charge in [0.15, 0.2) is 0 Å². The van der Waals surface area contributed by atoms with Crippen molar-refractivity contribution in [3.05, 3.63) is 84.2 Å². The highest BCUT2D eigenvalue weighted by Gasteiger charge is 2.17. The predicted octanol–water partition coefficient (Wildman–Crippen LogP) is 3.25. The number of primary sulfonamides is 1. The Bertz CT molecular complexity index is 1170. The monoisotopic (exact) mass is 453 g/mol. The third kappa shape index (κ3) is 5.43. The van der Waals surface area contributed by atoms with Gasteiger partial charge >= 0.3 is 0 Å². The molecule has 0 spiro atoms. The molecule has 7 nitrogen and oxygen atoms in total. The molecule has 0 amide bonds. The average molecular weight is 454 g/mol. The number of anilines is 3. The first-order chi connectivity index (χ1) is 15.4. The lowest BCUT2D eigenvalue weighted by molar-refractivity contribution is 0.598. The minimum atomic E-state index is -3.70. The Morgan fingerprint density at radius 1 is 0.812 bits per heavy atom.